The summed E-state index contributed by atoms with van der Waals surface area (Å²) in [7, 11) is -2.38. The Bertz CT molecular complexity index is 1540. The molecule has 4 heterocycles. The average Bonchev–Trinajstić information content (AvgIpc) is 3.46. The first-order valence-corrected chi connectivity index (χ1v) is 12.5. The molecule has 35 heavy (non-hydrogen) atoms. The summed E-state index contributed by atoms with van der Waals surface area (Å²) in [5, 5.41) is 20.5. The number of aliphatic hydroxyl groups excluding tert-OH is 1. The fraction of sp³-hybridized carbons (Fsp3) is 0.304. The fourth-order valence-electron chi connectivity index (χ4n) is 4.41. The third kappa shape index (κ3) is 4.09. The molecule has 0 saturated carbocycles. The molecular formula is C23H25N7O4S. The van der Waals surface area contributed by atoms with Crippen molar-refractivity contribution in [2.75, 3.05) is 6.54 Å². The number of rotatable bonds is 6. The van der Waals surface area contributed by atoms with E-state index in [4.69, 9.17) is 0 Å². The van der Waals surface area contributed by atoms with Crippen molar-refractivity contribution in [1.29, 1.82) is 0 Å². The molecule has 0 unspecified atom stereocenters. The van der Waals surface area contributed by atoms with Gasteiger partial charge in [0.15, 0.2) is 0 Å². The number of amides is 1. The van der Waals surface area contributed by atoms with Gasteiger partial charge in [-0.05, 0) is 24.6 Å². The Balaban J connectivity index is 1.41. The molecule has 0 saturated heterocycles. The quantitative estimate of drug-likeness (QED) is 0.364. The van der Waals surface area contributed by atoms with E-state index in [9.17, 15) is 18.3 Å². The van der Waals surface area contributed by atoms with Crippen molar-refractivity contribution in [3.8, 4) is 0 Å². The van der Waals surface area contributed by atoms with Crippen LogP contribution in [0.15, 0.2) is 41.6 Å². The van der Waals surface area contributed by atoms with Crippen LogP contribution in [-0.4, -0.2) is 55.0 Å². The van der Waals surface area contributed by atoms with Gasteiger partial charge in [-0.15, -0.1) is 0 Å². The van der Waals surface area contributed by atoms with Gasteiger partial charge in [-0.2, -0.15) is 9.40 Å². The first kappa shape index (κ1) is 23.1. The summed E-state index contributed by atoms with van der Waals surface area (Å²) in [6.45, 7) is 1.95. The highest BCUT2D eigenvalue weighted by Gasteiger charge is 2.33. The Labute approximate surface area is 201 Å². The molecule has 0 atom stereocenters. The molecule has 4 aromatic rings. The predicted molar refractivity (Wildman–Crippen MR) is 127 cm³/mol. The summed E-state index contributed by atoms with van der Waals surface area (Å²) in [5.74, 6) is 0.204. The van der Waals surface area contributed by atoms with Gasteiger partial charge in [0.05, 0.1) is 24.0 Å². The molecule has 0 fully saturated rings. The SMILES string of the molecule is Cc1ncc2c(CNC(=O)c3cc(S(=O)(=O)N4CCc5[nH]ncc5C4)c(CO)n3C)cccc2n1. The highest BCUT2D eigenvalue weighted by Crippen LogP contribution is 2.28. The molecule has 1 aliphatic rings. The minimum atomic E-state index is -3.95. The number of H-pyrrole nitrogens is 1. The Kier molecular flexibility index (Phi) is 5.87. The van der Waals surface area contributed by atoms with Crippen LogP contribution in [0.4, 0.5) is 0 Å². The maximum Gasteiger partial charge on any atom is 0.268 e. The van der Waals surface area contributed by atoms with Crippen LogP contribution in [0.5, 0.6) is 0 Å². The van der Waals surface area contributed by atoms with Crippen LogP contribution in [0.3, 0.4) is 0 Å². The van der Waals surface area contributed by atoms with Crippen molar-refractivity contribution >= 4 is 26.8 Å². The number of aliphatic hydroxyl groups is 1. The zero-order valence-electron chi connectivity index (χ0n) is 19.3. The number of benzene rings is 1. The number of hydrogen-bond acceptors (Lipinski definition) is 7. The molecule has 182 valence electrons. The molecule has 1 aliphatic heterocycles. The van der Waals surface area contributed by atoms with Gasteiger partial charge in [0.25, 0.3) is 5.91 Å². The molecule has 11 nitrogen and oxygen atoms in total. The lowest BCUT2D eigenvalue weighted by molar-refractivity contribution is 0.0942. The number of nitrogens with zero attached hydrogens (tertiary/aromatic N) is 5. The summed E-state index contributed by atoms with van der Waals surface area (Å²) in [4.78, 5) is 21.7. The molecule has 5 rings (SSSR count). The third-order valence-electron chi connectivity index (χ3n) is 6.36. The van der Waals surface area contributed by atoms with E-state index in [-0.39, 0.29) is 35.9 Å². The number of hydrogen-bond donors (Lipinski definition) is 3. The molecule has 3 aromatic heterocycles. The number of aryl methyl sites for hydroxylation is 1. The van der Waals surface area contributed by atoms with Gasteiger partial charge < -0.3 is 15.0 Å². The minimum Gasteiger partial charge on any atom is -0.390 e. The monoisotopic (exact) mass is 495 g/mol. The summed E-state index contributed by atoms with van der Waals surface area (Å²) in [5.41, 5.74) is 3.64. The number of carbonyl (C=O) groups is 1. The number of nitrogens with one attached hydrogen (secondary N) is 2. The lowest BCUT2D eigenvalue weighted by atomic mass is 10.1. The Morgan fingerprint density at radius 2 is 2.11 bits per heavy atom. The average molecular weight is 496 g/mol. The number of aromatic nitrogens is 5. The van der Waals surface area contributed by atoms with Crippen LogP contribution in [0.2, 0.25) is 0 Å². The molecule has 1 aromatic carbocycles. The van der Waals surface area contributed by atoms with Gasteiger partial charge in [0.1, 0.15) is 16.4 Å². The van der Waals surface area contributed by atoms with Gasteiger partial charge in [-0.3, -0.25) is 9.89 Å². The second kappa shape index (κ2) is 8.87. The topological polar surface area (TPSA) is 146 Å². The Morgan fingerprint density at radius 3 is 2.91 bits per heavy atom. The Hall–Kier alpha value is -3.61. The van der Waals surface area contributed by atoms with Crippen molar-refractivity contribution in [1.82, 2.24) is 34.4 Å². The summed E-state index contributed by atoms with van der Waals surface area (Å²) in [6.07, 6.45) is 3.85. The molecule has 12 heteroatoms. The summed E-state index contributed by atoms with van der Waals surface area (Å²) >= 11 is 0. The van der Waals surface area contributed by atoms with E-state index in [0.29, 0.717) is 12.2 Å². The number of fused-ring (bicyclic) bond motifs is 2. The fourth-order valence-corrected chi connectivity index (χ4v) is 6.09. The van der Waals surface area contributed by atoms with Crippen molar-refractivity contribution in [2.24, 2.45) is 7.05 Å². The van der Waals surface area contributed by atoms with E-state index in [1.165, 1.54) is 14.9 Å². The molecule has 1 amide bonds. The van der Waals surface area contributed by atoms with Gasteiger partial charge in [-0.25, -0.2) is 18.4 Å². The van der Waals surface area contributed by atoms with Crippen LogP contribution in [0, 0.1) is 6.92 Å². The lowest BCUT2D eigenvalue weighted by Gasteiger charge is -2.25. The normalized spacial score (nSPS) is 14.3. The zero-order valence-corrected chi connectivity index (χ0v) is 20.1. The van der Waals surface area contributed by atoms with E-state index in [1.807, 2.05) is 25.1 Å². The van der Waals surface area contributed by atoms with E-state index < -0.39 is 22.5 Å². The first-order chi connectivity index (χ1) is 16.8. The second-order valence-corrected chi connectivity index (χ2v) is 10.4. The van der Waals surface area contributed by atoms with Crippen LogP contribution < -0.4 is 5.32 Å². The van der Waals surface area contributed by atoms with Gasteiger partial charge in [-0.1, -0.05) is 12.1 Å². The van der Waals surface area contributed by atoms with Gasteiger partial charge in [0.2, 0.25) is 10.0 Å². The highest BCUT2D eigenvalue weighted by molar-refractivity contribution is 7.89. The third-order valence-corrected chi connectivity index (χ3v) is 8.26. The van der Waals surface area contributed by atoms with Crippen molar-refractivity contribution < 1.29 is 18.3 Å². The second-order valence-electron chi connectivity index (χ2n) is 8.47. The summed E-state index contributed by atoms with van der Waals surface area (Å²) in [6, 6.07) is 6.94. The molecule has 3 N–H and O–H groups in total. The largest absolute Gasteiger partial charge is 0.390 e. The van der Waals surface area contributed by atoms with Crippen molar-refractivity contribution in [3.63, 3.8) is 0 Å². The minimum absolute atomic E-state index is 0.0753. The van der Waals surface area contributed by atoms with Crippen LogP contribution >= 0.6 is 0 Å². The maximum atomic E-state index is 13.5. The van der Waals surface area contributed by atoms with E-state index >= 15 is 0 Å². The highest BCUT2D eigenvalue weighted by atomic mass is 32.2. The lowest BCUT2D eigenvalue weighted by Crippen LogP contribution is -2.36. The molecule has 0 bridgehead atoms. The standard InChI is InChI=1S/C23H25N7O4S/c1-14-24-11-17-15(4-3-5-19(17)27-14)9-25-23(32)20-8-22(21(13-31)29(20)2)35(33,34)30-7-6-18-16(12-30)10-26-28-18/h3-5,8,10-11,31H,6-7,9,12-13H2,1-2H3,(H,25,32)(H,26,28). The van der Waals surface area contributed by atoms with Crippen LogP contribution in [0.1, 0.15) is 38.8 Å². The smallest absolute Gasteiger partial charge is 0.268 e. The molecular weight excluding hydrogens is 470 g/mol. The van der Waals surface area contributed by atoms with Crippen molar-refractivity contribution in [3.05, 3.63) is 70.7 Å². The predicted octanol–water partition coefficient (Wildman–Crippen LogP) is 1.17. The van der Waals surface area contributed by atoms with E-state index in [2.05, 4.69) is 25.5 Å². The van der Waals surface area contributed by atoms with Crippen molar-refractivity contribution in [2.45, 2.75) is 37.9 Å². The Morgan fingerprint density at radius 1 is 1.29 bits per heavy atom. The summed E-state index contributed by atoms with van der Waals surface area (Å²) < 4.78 is 29.7. The van der Waals surface area contributed by atoms with Gasteiger partial charge in [0, 0.05) is 55.9 Å². The molecule has 0 aliphatic carbocycles. The van der Waals surface area contributed by atoms with E-state index in [1.54, 1.807) is 19.4 Å². The number of sulfonamides is 1. The van der Waals surface area contributed by atoms with Crippen LogP contribution in [0.25, 0.3) is 10.9 Å². The first-order valence-electron chi connectivity index (χ1n) is 11.1. The van der Waals surface area contributed by atoms with Gasteiger partial charge >= 0.3 is 0 Å². The molecule has 0 radical (unpaired) electrons. The zero-order chi connectivity index (χ0) is 24.7. The maximum absolute atomic E-state index is 13.5. The van der Waals surface area contributed by atoms with Crippen LogP contribution in [-0.2, 0) is 43.2 Å². The number of carbonyl (C=O) groups excluding carboxylic acids is 1. The molecule has 0 spiro atoms. The van der Waals surface area contributed by atoms with E-state index in [0.717, 1.165) is 27.7 Å². The number of aromatic amines is 1.